The average Bonchev–Trinajstić information content (AvgIpc) is 2.53. The van der Waals surface area contributed by atoms with Gasteiger partial charge >= 0.3 is 121 Å². The van der Waals surface area contributed by atoms with Crippen molar-refractivity contribution in [2.75, 3.05) is 0 Å². The van der Waals surface area contributed by atoms with Gasteiger partial charge in [0.1, 0.15) is 0 Å². The molecule has 0 aromatic rings. The molecule has 4 nitrogen and oxygen atoms in total. The molecule has 0 unspecified atom stereocenters. The first-order chi connectivity index (χ1) is 11.3. The molecule has 2 N–H and O–H groups in total. The van der Waals surface area contributed by atoms with Crippen LogP contribution >= 0.6 is 0 Å². The summed E-state index contributed by atoms with van der Waals surface area (Å²) < 4.78 is 6.08. The van der Waals surface area contributed by atoms with Crippen LogP contribution < -0.4 is 0 Å². The minimum absolute atomic E-state index is 0.296. The fourth-order valence-corrected chi connectivity index (χ4v) is 19.2. The molecule has 0 saturated carbocycles. The monoisotopic (exact) mass is 452 g/mol. The average molecular weight is 451 g/mol. The maximum absolute atomic E-state index is 9.64. The zero-order chi connectivity index (χ0) is 19.0. The molecule has 0 heterocycles. The van der Waals surface area contributed by atoms with E-state index in [4.69, 9.17) is 10.2 Å². The fraction of sp³-hybridized carbons (Fsp3) is 0.895. The van der Waals surface area contributed by atoms with Gasteiger partial charge in [-0.05, 0) is 0 Å². The van der Waals surface area contributed by atoms with Crippen LogP contribution in [0, 0.1) is 0 Å². The number of carboxylic acid groups (broad SMARTS) is 2. The maximum atomic E-state index is 9.64. The van der Waals surface area contributed by atoms with Gasteiger partial charge in [0.25, 0.3) is 0 Å². The summed E-state index contributed by atoms with van der Waals surface area (Å²) in [6.07, 6.45) is 8.17. The Bertz CT molecular complexity index is 294. The Hall–Kier alpha value is -0.261. The van der Waals surface area contributed by atoms with Crippen LogP contribution in [0.2, 0.25) is 17.2 Å². The Kier molecular flexibility index (Phi) is 17.6. The summed E-state index contributed by atoms with van der Waals surface area (Å²) in [5.41, 5.74) is 0. The smallest absolute Gasteiger partial charge is 0.303 e. The van der Waals surface area contributed by atoms with Crippen molar-refractivity contribution in [1.29, 1.82) is 0 Å². The van der Waals surface area contributed by atoms with Crippen LogP contribution in [0.5, 0.6) is 0 Å². The van der Waals surface area contributed by atoms with E-state index in [0.29, 0.717) is 0 Å². The van der Waals surface area contributed by atoms with E-state index < -0.39 is 30.3 Å². The molecule has 0 fully saturated rings. The molecule has 0 aliphatic carbocycles. The Morgan fingerprint density at radius 2 is 1.04 bits per heavy atom. The van der Waals surface area contributed by atoms with Crippen LogP contribution in [0.15, 0.2) is 0 Å². The minimum Gasteiger partial charge on any atom is -0.481 e. The van der Waals surface area contributed by atoms with Crippen molar-refractivity contribution in [3.63, 3.8) is 0 Å². The third kappa shape index (κ3) is 14.1. The van der Waals surface area contributed by atoms with E-state index in [1.54, 1.807) is 13.3 Å². The first-order valence-corrected chi connectivity index (χ1v) is 17.4. The molecule has 0 rings (SSSR count). The van der Waals surface area contributed by atoms with Crippen LogP contribution in [-0.2, 0) is 9.59 Å². The molecular weight excluding hydrogens is 411 g/mol. The second-order valence-electron chi connectivity index (χ2n) is 7.12. The number of carboxylic acids is 2. The summed E-state index contributed by atoms with van der Waals surface area (Å²) in [7, 11) is 0. The fourth-order valence-electron chi connectivity index (χ4n) is 3.04. The topological polar surface area (TPSA) is 74.6 Å². The third-order valence-corrected chi connectivity index (χ3v) is 23.4. The van der Waals surface area contributed by atoms with Crippen LogP contribution in [-0.4, -0.2) is 40.5 Å². The second-order valence-corrected chi connectivity index (χ2v) is 22.5. The predicted octanol–water partition coefficient (Wildman–Crippen LogP) is 6.18. The molecule has 0 radical (unpaired) electrons. The molecule has 0 saturated heterocycles. The van der Waals surface area contributed by atoms with Gasteiger partial charge in [0.15, 0.2) is 0 Å². The number of hydrogen-bond donors (Lipinski definition) is 2. The molecule has 5 heteroatoms. The molecule has 0 bridgehead atoms. The number of carbonyl (C=O) groups is 2. The van der Waals surface area contributed by atoms with E-state index in [2.05, 4.69) is 34.6 Å². The van der Waals surface area contributed by atoms with Crippen molar-refractivity contribution in [1.82, 2.24) is 0 Å². The third-order valence-electron chi connectivity index (χ3n) is 4.86. The first kappa shape index (κ1) is 26.0. The predicted molar refractivity (Wildman–Crippen MR) is 105 cm³/mol. The van der Waals surface area contributed by atoms with Gasteiger partial charge in [-0.25, -0.2) is 0 Å². The quantitative estimate of drug-likeness (QED) is 0.328. The normalized spacial score (nSPS) is 11.1. The van der Waals surface area contributed by atoms with Crippen LogP contribution in [0.25, 0.3) is 0 Å². The number of rotatable bonds is 13. The number of unbranched alkanes of at least 4 members (excludes halogenated alkanes) is 3. The van der Waals surface area contributed by atoms with E-state index in [0.717, 1.165) is 3.93 Å². The first-order valence-electron chi connectivity index (χ1n) is 9.69. The van der Waals surface area contributed by atoms with E-state index in [1.165, 1.54) is 38.5 Å². The van der Waals surface area contributed by atoms with E-state index >= 15 is 0 Å². The molecule has 144 valence electrons. The van der Waals surface area contributed by atoms with Crippen molar-refractivity contribution in [2.45, 2.75) is 103 Å². The summed E-state index contributed by atoms with van der Waals surface area (Å²) in [5.74, 6) is -2.15. The van der Waals surface area contributed by atoms with E-state index in [-0.39, 0.29) is 12.8 Å². The molecule has 0 aliphatic rings. The summed E-state index contributed by atoms with van der Waals surface area (Å²) in [4.78, 5) is 19.3. The summed E-state index contributed by atoms with van der Waals surface area (Å²) >= 11 is -1.75. The van der Waals surface area contributed by atoms with Crippen LogP contribution in [0.4, 0.5) is 0 Å². The summed E-state index contributed by atoms with van der Waals surface area (Å²) in [5, 5.41) is 15.8. The SMILES string of the molecule is CCC[CH2][Sn]([CH2]CCC)([CH2]CCC)[CH](C)C.O=C(O)CCC(=O)O. The minimum atomic E-state index is -1.75. The van der Waals surface area contributed by atoms with Crippen LogP contribution in [0.1, 0.15) is 86.0 Å². The molecule has 0 spiro atoms. The largest absolute Gasteiger partial charge is 0.481 e. The van der Waals surface area contributed by atoms with Gasteiger partial charge in [-0.3, -0.25) is 9.59 Å². The van der Waals surface area contributed by atoms with Crippen molar-refractivity contribution >= 4 is 30.3 Å². The Labute approximate surface area is 153 Å². The van der Waals surface area contributed by atoms with Gasteiger partial charge in [-0.2, -0.15) is 0 Å². The van der Waals surface area contributed by atoms with Gasteiger partial charge in [0.05, 0.1) is 12.8 Å². The summed E-state index contributed by atoms with van der Waals surface area (Å²) in [6.45, 7) is 12.2. The Morgan fingerprint density at radius 3 is 1.21 bits per heavy atom. The number of aliphatic carboxylic acids is 2. The van der Waals surface area contributed by atoms with Crippen molar-refractivity contribution < 1.29 is 19.8 Å². The molecule has 0 amide bonds. The van der Waals surface area contributed by atoms with Crippen molar-refractivity contribution in [3.8, 4) is 0 Å². The molecular formula is C19H40O4Sn. The van der Waals surface area contributed by atoms with E-state index in [9.17, 15) is 9.59 Å². The number of hydrogen-bond acceptors (Lipinski definition) is 2. The molecule has 0 aromatic heterocycles. The Balaban J connectivity index is 0. The van der Waals surface area contributed by atoms with Crippen LogP contribution in [0.3, 0.4) is 0 Å². The molecule has 0 atom stereocenters. The van der Waals surface area contributed by atoms with Gasteiger partial charge in [0, 0.05) is 0 Å². The van der Waals surface area contributed by atoms with Crippen molar-refractivity contribution in [3.05, 3.63) is 0 Å². The van der Waals surface area contributed by atoms with Gasteiger partial charge in [0.2, 0.25) is 0 Å². The van der Waals surface area contributed by atoms with Gasteiger partial charge < -0.3 is 10.2 Å². The maximum Gasteiger partial charge on any atom is 0.303 e. The summed E-state index contributed by atoms with van der Waals surface area (Å²) in [6, 6.07) is 0. The molecule has 24 heavy (non-hydrogen) atoms. The van der Waals surface area contributed by atoms with E-state index in [1.807, 2.05) is 0 Å². The Morgan fingerprint density at radius 1 is 0.750 bits per heavy atom. The molecule has 0 aliphatic heterocycles. The van der Waals surface area contributed by atoms with Gasteiger partial charge in [-0.15, -0.1) is 0 Å². The van der Waals surface area contributed by atoms with Gasteiger partial charge in [-0.1, -0.05) is 0 Å². The second kappa shape index (κ2) is 16.2. The van der Waals surface area contributed by atoms with Crippen molar-refractivity contribution in [2.24, 2.45) is 0 Å². The standard InChI is InChI=1S/C4H6O4.3C4H9.C3H7.Sn/c5-3(6)1-2-4(7)8;3*1-3-4-2;1-3-2;/h1-2H2,(H,5,6)(H,7,8);3*1,3-4H2,2H3;3H,1-2H3;. The zero-order valence-corrected chi connectivity index (χ0v) is 19.4. The molecule has 0 aromatic carbocycles. The zero-order valence-electron chi connectivity index (χ0n) is 16.6.